The number of fused-ring (bicyclic) bond motifs is 1. The van der Waals surface area contributed by atoms with Crippen LogP contribution in [0.4, 0.5) is 20.1 Å². The molecule has 3 N–H and O–H groups in total. The molecule has 1 aromatic carbocycles. The van der Waals surface area contributed by atoms with Crippen molar-refractivity contribution in [3.8, 4) is 0 Å². The number of halogens is 1. The van der Waals surface area contributed by atoms with Gasteiger partial charge < -0.3 is 20.0 Å². The number of hydrogen-bond donors (Lipinski definition) is 3. The Morgan fingerprint density at radius 1 is 1.30 bits per heavy atom. The van der Waals surface area contributed by atoms with Gasteiger partial charge in [-0.2, -0.15) is 0 Å². The van der Waals surface area contributed by atoms with Crippen LogP contribution in [0, 0.1) is 12.7 Å². The molecule has 0 bridgehead atoms. The highest BCUT2D eigenvalue weighted by Gasteiger charge is 2.25. The van der Waals surface area contributed by atoms with Crippen LogP contribution in [0.5, 0.6) is 0 Å². The van der Waals surface area contributed by atoms with Crippen LogP contribution in [0.1, 0.15) is 17.2 Å². The molecule has 10 heteroatoms. The van der Waals surface area contributed by atoms with Crippen LogP contribution < -0.4 is 10.2 Å². The number of carbonyl (C=O) groups excluding carboxylic acids is 1. The Hall–Kier alpha value is -2.82. The zero-order valence-corrected chi connectivity index (χ0v) is 17.2. The largest absolute Gasteiger partial charge is 0.393 e. The first-order valence-electron chi connectivity index (χ1n) is 9.57. The number of aryl methyl sites for hydroxylation is 1. The summed E-state index contributed by atoms with van der Waals surface area (Å²) in [5.74, 6) is -0.395. The molecule has 4 rings (SSSR count). The maximum absolute atomic E-state index is 14.4. The first-order chi connectivity index (χ1) is 14.4. The van der Waals surface area contributed by atoms with Gasteiger partial charge in [-0.15, -0.1) is 0 Å². The Kier molecular flexibility index (Phi) is 5.80. The van der Waals surface area contributed by atoms with Crippen LogP contribution in [-0.4, -0.2) is 63.9 Å². The molecular weight excluding hydrogens is 409 g/mol. The quantitative estimate of drug-likeness (QED) is 0.587. The Morgan fingerprint density at radius 3 is 2.77 bits per heavy atom. The summed E-state index contributed by atoms with van der Waals surface area (Å²) in [5.41, 5.74) is 2.20. The minimum Gasteiger partial charge on any atom is -0.393 e. The molecule has 1 atom stereocenters. The molecule has 8 nitrogen and oxygen atoms in total. The van der Waals surface area contributed by atoms with Crippen molar-refractivity contribution in [2.45, 2.75) is 13.0 Å². The van der Waals surface area contributed by atoms with Crippen LogP contribution in [-0.2, 0) is 0 Å². The highest BCUT2D eigenvalue weighted by atomic mass is 32.1. The summed E-state index contributed by atoms with van der Waals surface area (Å²) in [5, 5.41) is 22.0. The number of carbonyl (C=O) groups is 1. The predicted octanol–water partition coefficient (Wildman–Crippen LogP) is 2.52. The molecule has 2 aromatic heterocycles. The van der Waals surface area contributed by atoms with Crippen molar-refractivity contribution in [3.63, 3.8) is 0 Å². The van der Waals surface area contributed by atoms with Crippen LogP contribution >= 0.6 is 11.3 Å². The number of piperazine rings is 1. The fraction of sp³-hybridized carbons (Fsp3) is 0.350. The number of aliphatic hydroxyl groups is 2. The van der Waals surface area contributed by atoms with Gasteiger partial charge in [-0.3, -0.25) is 5.32 Å². The van der Waals surface area contributed by atoms with Gasteiger partial charge in [0.2, 0.25) is 0 Å². The molecule has 1 aliphatic rings. The van der Waals surface area contributed by atoms with E-state index < -0.39 is 18.5 Å². The number of urea groups is 1. The Morgan fingerprint density at radius 2 is 2.07 bits per heavy atom. The van der Waals surface area contributed by atoms with E-state index in [1.54, 1.807) is 9.80 Å². The molecule has 1 aliphatic heterocycles. The van der Waals surface area contributed by atoms with Crippen molar-refractivity contribution in [2.75, 3.05) is 43.0 Å². The molecule has 1 unspecified atom stereocenters. The molecule has 1 fully saturated rings. The predicted molar refractivity (Wildman–Crippen MR) is 113 cm³/mol. The second-order valence-corrected chi connectivity index (χ2v) is 8.20. The van der Waals surface area contributed by atoms with Gasteiger partial charge in [0.05, 0.1) is 16.8 Å². The Labute approximate surface area is 176 Å². The molecule has 3 heterocycles. The number of nitrogens with zero attached hydrogens (tertiary/aromatic N) is 4. The fourth-order valence-corrected chi connectivity index (χ4v) is 4.18. The SMILES string of the molecule is Cc1ccc2sc(NC(=O)N3CCN(c4ncc(C(O)CO)cc4F)CC3)nc2c1. The van der Waals surface area contributed by atoms with E-state index in [1.807, 2.05) is 25.1 Å². The lowest BCUT2D eigenvalue weighted by atomic mass is 10.1. The van der Waals surface area contributed by atoms with Crippen LogP contribution in [0.2, 0.25) is 0 Å². The van der Waals surface area contributed by atoms with E-state index in [0.717, 1.165) is 15.8 Å². The van der Waals surface area contributed by atoms with E-state index in [4.69, 9.17) is 5.11 Å². The summed E-state index contributed by atoms with van der Waals surface area (Å²) in [6.45, 7) is 3.19. The van der Waals surface area contributed by atoms with Crippen LogP contribution in [0.15, 0.2) is 30.5 Å². The lowest BCUT2D eigenvalue weighted by Gasteiger charge is -2.35. The highest BCUT2D eigenvalue weighted by molar-refractivity contribution is 7.22. The van der Waals surface area contributed by atoms with E-state index >= 15 is 0 Å². The average molecular weight is 431 g/mol. The molecule has 3 aromatic rings. The molecular formula is C20H22FN5O3S. The molecule has 0 aliphatic carbocycles. The van der Waals surface area contributed by atoms with Crippen LogP contribution in [0.25, 0.3) is 10.2 Å². The first-order valence-corrected chi connectivity index (χ1v) is 10.4. The summed E-state index contributed by atoms with van der Waals surface area (Å²) in [7, 11) is 0. The third-order valence-electron chi connectivity index (χ3n) is 5.02. The summed E-state index contributed by atoms with van der Waals surface area (Å²) >= 11 is 1.43. The molecule has 0 saturated carbocycles. The summed E-state index contributed by atoms with van der Waals surface area (Å²) < 4.78 is 15.4. The van der Waals surface area contributed by atoms with Crippen molar-refractivity contribution in [2.24, 2.45) is 0 Å². The topological polar surface area (TPSA) is 102 Å². The van der Waals surface area contributed by atoms with E-state index in [0.29, 0.717) is 31.3 Å². The van der Waals surface area contributed by atoms with E-state index in [-0.39, 0.29) is 17.4 Å². The third-order valence-corrected chi connectivity index (χ3v) is 5.98. The molecule has 0 radical (unpaired) electrons. The number of thiazole rings is 1. The van der Waals surface area contributed by atoms with Gasteiger partial charge in [-0.05, 0) is 30.7 Å². The second kappa shape index (κ2) is 8.50. The number of hydrogen-bond acceptors (Lipinski definition) is 7. The molecule has 30 heavy (non-hydrogen) atoms. The van der Waals surface area contributed by atoms with Gasteiger partial charge in [0.1, 0.15) is 6.10 Å². The number of aliphatic hydroxyl groups excluding tert-OH is 2. The molecule has 1 saturated heterocycles. The Bertz CT molecular complexity index is 1070. The smallest absolute Gasteiger partial charge is 0.323 e. The van der Waals surface area contributed by atoms with Gasteiger partial charge in [-0.25, -0.2) is 19.2 Å². The maximum Gasteiger partial charge on any atom is 0.323 e. The number of benzene rings is 1. The number of amides is 2. The van der Waals surface area contributed by atoms with E-state index in [9.17, 15) is 14.3 Å². The van der Waals surface area contributed by atoms with Crippen LogP contribution in [0.3, 0.4) is 0 Å². The maximum atomic E-state index is 14.4. The van der Waals surface area contributed by atoms with E-state index in [1.165, 1.54) is 23.6 Å². The van der Waals surface area contributed by atoms with Gasteiger partial charge >= 0.3 is 6.03 Å². The zero-order valence-electron chi connectivity index (χ0n) is 16.4. The Balaban J connectivity index is 1.37. The van der Waals surface area contributed by atoms with Gasteiger partial charge in [0.25, 0.3) is 0 Å². The summed E-state index contributed by atoms with van der Waals surface area (Å²) in [6.07, 6.45) is 0.195. The van der Waals surface area contributed by atoms with Crippen molar-refractivity contribution in [3.05, 3.63) is 47.4 Å². The number of pyridine rings is 1. The summed E-state index contributed by atoms with van der Waals surface area (Å²) in [6, 6.07) is 6.92. The zero-order chi connectivity index (χ0) is 21.3. The summed E-state index contributed by atoms with van der Waals surface area (Å²) in [4.78, 5) is 24.6. The van der Waals surface area contributed by atoms with Crippen molar-refractivity contribution < 1.29 is 19.4 Å². The van der Waals surface area contributed by atoms with Gasteiger partial charge in [0.15, 0.2) is 16.8 Å². The number of aromatic nitrogens is 2. The monoisotopic (exact) mass is 431 g/mol. The third kappa shape index (κ3) is 4.20. The minimum absolute atomic E-state index is 0.172. The van der Waals surface area contributed by atoms with Crippen molar-refractivity contribution >= 4 is 38.5 Å². The average Bonchev–Trinajstić information content (AvgIpc) is 3.14. The lowest BCUT2D eigenvalue weighted by molar-refractivity contribution is 0.0951. The number of rotatable bonds is 4. The van der Waals surface area contributed by atoms with Gasteiger partial charge in [0, 0.05) is 37.9 Å². The molecule has 0 spiro atoms. The lowest BCUT2D eigenvalue weighted by Crippen LogP contribution is -2.50. The fourth-order valence-electron chi connectivity index (χ4n) is 3.35. The van der Waals surface area contributed by atoms with Crippen molar-refractivity contribution in [1.29, 1.82) is 0 Å². The normalized spacial score (nSPS) is 15.5. The number of anilines is 2. The van der Waals surface area contributed by atoms with Crippen molar-refractivity contribution in [1.82, 2.24) is 14.9 Å². The molecule has 158 valence electrons. The minimum atomic E-state index is -1.16. The number of nitrogens with one attached hydrogen (secondary N) is 1. The standard InChI is InChI=1S/C20H22FN5O3S/c1-12-2-3-17-15(8-12)23-19(30-17)24-20(29)26-6-4-25(5-7-26)18-14(21)9-13(10-22-18)16(28)11-27/h2-3,8-10,16,27-28H,4-7,11H2,1H3,(H,23,24,29). The highest BCUT2D eigenvalue weighted by Crippen LogP contribution is 2.27. The first kappa shape index (κ1) is 20.5. The van der Waals surface area contributed by atoms with E-state index in [2.05, 4.69) is 15.3 Å². The second-order valence-electron chi connectivity index (χ2n) is 7.17. The van der Waals surface area contributed by atoms with Gasteiger partial charge in [-0.1, -0.05) is 17.4 Å². The molecule has 2 amide bonds.